The fourth-order valence-corrected chi connectivity index (χ4v) is 3.69. The highest BCUT2D eigenvalue weighted by Gasteiger charge is 2.22. The molecule has 148 valence electrons. The molecular weight excluding hydrogens is 360 g/mol. The fourth-order valence-electron chi connectivity index (χ4n) is 3.69. The van der Waals surface area contributed by atoms with Crippen molar-refractivity contribution in [2.45, 2.75) is 19.5 Å². The molecular formula is C24H26N4O. The number of nitrogens with zero attached hydrogens (tertiary/aromatic N) is 2. The van der Waals surface area contributed by atoms with Crippen LogP contribution in [0.1, 0.15) is 33.2 Å². The Morgan fingerprint density at radius 1 is 1.10 bits per heavy atom. The number of carbonyl (C=O) groups is 1. The molecule has 0 unspecified atom stereocenters. The van der Waals surface area contributed by atoms with Crippen LogP contribution >= 0.6 is 0 Å². The van der Waals surface area contributed by atoms with Crippen LogP contribution in [-0.2, 0) is 6.54 Å². The van der Waals surface area contributed by atoms with E-state index in [0.717, 1.165) is 31.0 Å². The van der Waals surface area contributed by atoms with E-state index in [-0.39, 0.29) is 11.9 Å². The molecule has 29 heavy (non-hydrogen) atoms. The molecule has 1 amide bonds. The molecule has 2 heterocycles. The van der Waals surface area contributed by atoms with E-state index in [1.54, 1.807) is 6.07 Å². The van der Waals surface area contributed by atoms with Gasteiger partial charge in [-0.15, -0.1) is 0 Å². The van der Waals surface area contributed by atoms with Crippen molar-refractivity contribution in [2.24, 2.45) is 0 Å². The first-order chi connectivity index (χ1) is 14.2. The summed E-state index contributed by atoms with van der Waals surface area (Å²) in [5, 5.41) is 6.54. The fraction of sp³-hybridized carbons (Fsp3) is 0.250. The van der Waals surface area contributed by atoms with Gasteiger partial charge in [-0.1, -0.05) is 66.2 Å². The summed E-state index contributed by atoms with van der Waals surface area (Å²) >= 11 is 0. The van der Waals surface area contributed by atoms with Gasteiger partial charge in [0, 0.05) is 32.2 Å². The minimum absolute atomic E-state index is 0.150. The molecule has 2 N–H and O–H groups in total. The summed E-state index contributed by atoms with van der Waals surface area (Å²) in [6, 6.07) is 24.5. The summed E-state index contributed by atoms with van der Waals surface area (Å²) in [4.78, 5) is 19.5. The number of pyridine rings is 1. The Balaban J connectivity index is 1.43. The van der Waals surface area contributed by atoms with E-state index in [4.69, 9.17) is 0 Å². The average molecular weight is 386 g/mol. The zero-order valence-electron chi connectivity index (χ0n) is 16.6. The smallest absolute Gasteiger partial charge is 0.270 e. The number of anilines is 1. The maximum absolute atomic E-state index is 12.6. The molecule has 4 rings (SSSR count). The van der Waals surface area contributed by atoms with Gasteiger partial charge in [-0.3, -0.25) is 4.79 Å². The predicted octanol–water partition coefficient (Wildman–Crippen LogP) is 3.47. The average Bonchev–Trinajstić information content (AvgIpc) is 2.78. The number of hydrogen-bond donors (Lipinski definition) is 2. The van der Waals surface area contributed by atoms with Crippen LogP contribution in [0.4, 0.5) is 5.82 Å². The number of aromatic nitrogens is 1. The molecule has 0 aliphatic carbocycles. The highest BCUT2D eigenvalue weighted by Crippen LogP contribution is 2.21. The third-order valence-corrected chi connectivity index (χ3v) is 5.20. The second-order valence-electron chi connectivity index (χ2n) is 7.42. The lowest BCUT2D eigenvalue weighted by molar-refractivity contribution is 0.0946. The highest BCUT2D eigenvalue weighted by molar-refractivity contribution is 5.92. The Labute approximate surface area is 171 Å². The molecule has 0 saturated carbocycles. The monoisotopic (exact) mass is 386 g/mol. The minimum Gasteiger partial charge on any atom is -0.353 e. The van der Waals surface area contributed by atoms with E-state index < -0.39 is 0 Å². The molecule has 1 aliphatic rings. The molecule has 5 nitrogen and oxygen atoms in total. The van der Waals surface area contributed by atoms with Crippen LogP contribution in [0.25, 0.3) is 0 Å². The van der Waals surface area contributed by atoms with Crippen LogP contribution in [0.3, 0.4) is 0 Å². The number of benzene rings is 2. The summed E-state index contributed by atoms with van der Waals surface area (Å²) in [6.07, 6.45) is 0. The summed E-state index contributed by atoms with van der Waals surface area (Å²) in [6.45, 7) is 5.11. The minimum atomic E-state index is -0.150. The standard InChI is InChI=1S/C24H26N4O/c1-18-7-5-8-19(15-18)16-26-24(29)21-11-6-12-23(27-21)28-14-13-25-22(17-28)20-9-3-2-4-10-20/h2-12,15,22,25H,13-14,16-17H2,1H3,(H,26,29)/t22-/m0/s1. The lowest BCUT2D eigenvalue weighted by atomic mass is 10.0. The van der Waals surface area contributed by atoms with Gasteiger partial charge in [0.05, 0.1) is 0 Å². The van der Waals surface area contributed by atoms with Crippen LogP contribution in [0.2, 0.25) is 0 Å². The first-order valence-electron chi connectivity index (χ1n) is 10.0. The number of nitrogens with one attached hydrogen (secondary N) is 2. The Morgan fingerprint density at radius 2 is 1.93 bits per heavy atom. The number of rotatable bonds is 5. The molecule has 0 radical (unpaired) electrons. The van der Waals surface area contributed by atoms with Gasteiger partial charge < -0.3 is 15.5 Å². The molecule has 1 atom stereocenters. The van der Waals surface area contributed by atoms with Gasteiger partial charge in [-0.2, -0.15) is 0 Å². The number of carbonyl (C=O) groups excluding carboxylic acids is 1. The summed E-state index contributed by atoms with van der Waals surface area (Å²) in [5.41, 5.74) is 3.99. The van der Waals surface area contributed by atoms with Crippen molar-refractivity contribution in [1.29, 1.82) is 0 Å². The lowest BCUT2D eigenvalue weighted by Gasteiger charge is -2.35. The largest absolute Gasteiger partial charge is 0.353 e. The zero-order valence-corrected chi connectivity index (χ0v) is 16.6. The SMILES string of the molecule is Cc1cccc(CNC(=O)c2cccc(N3CCN[C@H](c4ccccc4)C3)n2)c1. The van der Waals surface area contributed by atoms with Gasteiger partial charge in [0.25, 0.3) is 5.91 Å². The number of amides is 1. The summed E-state index contributed by atoms with van der Waals surface area (Å²) in [7, 11) is 0. The molecule has 1 fully saturated rings. The van der Waals surface area contributed by atoms with E-state index >= 15 is 0 Å². The molecule has 0 bridgehead atoms. The predicted molar refractivity (Wildman–Crippen MR) is 116 cm³/mol. The van der Waals surface area contributed by atoms with Crippen molar-refractivity contribution < 1.29 is 4.79 Å². The Hall–Kier alpha value is -3.18. The van der Waals surface area contributed by atoms with Gasteiger partial charge in [0.15, 0.2) is 0 Å². The molecule has 1 aliphatic heterocycles. The van der Waals surface area contributed by atoms with E-state index in [9.17, 15) is 4.79 Å². The molecule has 0 spiro atoms. The van der Waals surface area contributed by atoms with Crippen LogP contribution in [0.15, 0.2) is 72.8 Å². The van der Waals surface area contributed by atoms with E-state index in [1.807, 2.05) is 43.3 Å². The van der Waals surface area contributed by atoms with Crippen LogP contribution in [0.5, 0.6) is 0 Å². The number of aryl methyl sites for hydroxylation is 1. The molecule has 1 saturated heterocycles. The first-order valence-corrected chi connectivity index (χ1v) is 10.0. The topological polar surface area (TPSA) is 57.3 Å². The highest BCUT2D eigenvalue weighted by atomic mass is 16.1. The van der Waals surface area contributed by atoms with Gasteiger partial charge in [-0.25, -0.2) is 4.98 Å². The van der Waals surface area contributed by atoms with Crippen molar-refractivity contribution in [3.05, 3.63) is 95.2 Å². The first kappa shape index (κ1) is 19.2. The van der Waals surface area contributed by atoms with E-state index in [0.29, 0.717) is 12.2 Å². The Morgan fingerprint density at radius 3 is 2.76 bits per heavy atom. The van der Waals surface area contributed by atoms with Crippen LogP contribution in [0, 0.1) is 6.92 Å². The Kier molecular flexibility index (Phi) is 5.86. The lowest BCUT2D eigenvalue weighted by Crippen LogP contribution is -2.46. The van der Waals surface area contributed by atoms with Crippen molar-refractivity contribution in [1.82, 2.24) is 15.6 Å². The second-order valence-corrected chi connectivity index (χ2v) is 7.42. The molecule has 1 aromatic heterocycles. The quantitative estimate of drug-likeness (QED) is 0.705. The molecule has 5 heteroatoms. The van der Waals surface area contributed by atoms with Crippen molar-refractivity contribution in [3.8, 4) is 0 Å². The molecule has 3 aromatic rings. The van der Waals surface area contributed by atoms with E-state index in [2.05, 4.69) is 50.8 Å². The third-order valence-electron chi connectivity index (χ3n) is 5.20. The number of hydrogen-bond acceptors (Lipinski definition) is 4. The second kappa shape index (κ2) is 8.88. The van der Waals surface area contributed by atoms with Crippen LogP contribution < -0.4 is 15.5 Å². The van der Waals surface area contributed by atoms with Gasteiger partial charge in [-0.05, 0) is 30.2 Å². The van der Waals surface area contributed by atoms with Crippen molar-refractivity contribution >= 4 is 11.7 Å². The maximum Gasteiger partial charge on any atom is 0.270 e. The Bertz CT molecular complexity index is 973. The van der Waals surface area contributed by atoms with Gasteiger partial charge in [0.1, 0.15) is 11.5 Å². The van der Waals surface area contributed by atoms with Crippen molar-refractivity contribution in [3.63, 3.8) is 0 Å². The van der Waals surface area contributed by atoms with Gasteiger partial charge in [0.2, 0.25) is 0 Å². The van der Waals surface area contributed by atoms with Crippen molar-refractivity contribution in [2.75, 3.05) is 24.5 Å². The number of piperazine rings is 1. The summed E-state index contributed by atoms with van der Waals surface area (Å²) in [5.74, 6) is 0.693. The third kappa shape index (κ3) is 4.81. The van der Waals surface area contributed by atoms with Crippen LogP contribution in [-0.4, -0.2) is 30.5 Å². The summed E-state index contributed by atoms with van der Waals surface area (Å²) < 4.78 is 0. The van der Waals surface area contributed by atoms with Gasteiger partial charge >= 0.3 is 0 Å². The molecule has 2 aromatic carbocycles. The maximum atomic E-state index is 12.6. The van der Waals surface area contributed by atoms with E-state index in [1.165, 1.54) is 11.1 Å². The normalized spacial score (nSPS) is 16.4. The zero-order chi connectivity index (χ0) is 20.1.